The van der Waals surface area contributed by atoms with Crippen molar-refractivity contribution in [2.45, 2.75) is 77.9 Å². The van der Waals surface area contributed by atoms with E-state index < -0.39 is 0 Å². The quantitative estimate of drug-likeness (QED) is 0.847. The lowest BCUT2D eigenvalue weighted by Crippen LogP contribution is -2.58. The Balaban J connectivity index is 1.57. The van der Waals surface area contributed by atoms with E-state index in [2.05, 4.69) is 49.3 Å². The Morgan fingerprint density at radius 2 is 1.72 bits per heavy atom. The van der Waals surface area contributed by atoms with Crippen LogP contribution in [0.5, 0.6) is 0 Å². The van der Waals surface area contributed by atoms with Crippen molar-refractivity contribution < 1.29 is 4.79 Å². The smallest absolute Gasteiger partial charge is 0.319 e. The molecule has 4 heteroatoms. The summed E-state index contributed by atoms with van der Waals surface area (Å²) in [5, 5.41) is 6.25. The van der Waals surface area contributed by atoms with Crippen LogP contribution >= 0.6 is 0 Å². The van der Waals surface area contributed by atoms with Gasteiger partial charge in [0, 0.05) is 30.4 Å². The van der Waals surface area contributed by atoms with Gasteiger partial charge in [-0.05, 0) is 68.7 Å². The summed E-state index contributed by atoms with van der Waals surface area (Å²) in [5.74, 6) is 0.709. The summed E-state index contributed by atoms with van der Waals surface area (Å²) < 4.78 is 0. The molecular formula is C21H33N3O. The minimum Gasteiger partial charge on any atom is -0.335 e. The normalized spacial score (nSPS) is 26.5. The highest BCUT2D eigenvalue weighted by Crippen LogP contribution is 2.34. The largest absolute Gasteiger partial charge is 0.335 e. The average molecular weight is 344 g/mol. The van der Waals surface area contributed by atoms with Gasteiger partial charge in [0.2, 0.25) is 0 Å². The number of piperidine rings is 2. The molecule has 2 amide bonds. The van der Waals surface area contributed by atoms with Crippen LogP contribution < -0.4 is 10.6 Å². The molecule has 0 aliphatic carbocycles. The van der Waals surface area contributed by atoms with Crippen molar-refractivity contribution in [3.63, 3.8) is 0 Å². The van der Waals surface area contributed by atoms with E-state index >= 15 is 0 Å². The Labute approximate surface area is 152 Å². The predicted octanol–water partition coefficient (Wildman–Crippen LogP) is 4.47. The summed E-state index contributed by atoms with van der Waals surface area (Å²) in [6, 6.07) is 7.67. The van der Waals surface area contributed by atoms with Gasteiger partial charge in [0.05, 0.1) is 0 Å². The average Bonchev–Trinajstić information content (AvgIpc) is 2.46. The standard InChI is InChI=1S/C21H33N3O/c1-14(2)13-24-19-6-5-7-20(24)12-18(11-19)23-21(25)22-17-9-15(3)8-16(4)10-17/h8-10,14,18-20H,5-7,11-13H2,1-4H3,(H2,22,23,25)/t19-,20-/m1/s1. The number of carbonyl (C=O) groups excluding carboxylic acids is 1. The van der Waals surface area contributed by atoms with Crippen LogP contribution in [0.2, 0.25) is 0 Å². The number of hydrogen-bond acceptors (Lipinski definition) is 2. The lowest BCUT2D eigenvalue weighted by molar-refractivity contribution is 0.0180. The Morgan fingerprint density at radius 3 is 2.28 bits per heavy atom. The fraction of sp³-hybridized carbons (Fsp3) is 0.667. The number of urea groups is 1. The fourth-order valence-corrected chi connectivity index (χ4v) is 4.72. The van der Waals surface area contributed by atoms with Gasteiger partial charge in [0.25, 0.3) is 0 Å². The van der Waals surface area contributed by atoms with E-state index in [1.54, 1.807) is 0 Å². The van der Waals surface area contributed by atoms with Crippen molar-refractivity contribution >= 4 is 11.7 Å². The zero-order chi connectivity index (χ0) is 18.0. The first-order valence-electron chi connectivity index (χ1n) is 9.82. The van der Waals surface area contributed by atoms with Crippen molar-refractivity contribution in [3.8, 4) is 0 Å². The maximum atomic E-state index is 12.4. The number of benzene rings is 1. The van der Waals surface area contributed by atoms with Crippen molar-refractivity contribution in [1.82, 2.24) is 10.2 Å². The molecule has 0 unspecified atom stereocenters. The van der Waals surface area contributed by atoms with E-state index in [4.69, 9.17) is 0 Å². The third-order valence-electron chi connectivity index (χ3n) is 5.52. The summed E-state index contributed by atoms with van der Waals surface area (Å²) in [6.45, 7) is 9.91. The Hall–Kier alpha value is -1.55. The molecule has 2 aliphatic rings. The topological polar surface area (TPSA) is 44.4 Å². The molecule has 25 heavy (non-hydrogen) atoms. The van der Waals surface area contributed by atoms with Gasteiger partial charge in [-0.25, -0.2) is 4.79 Å². The maximum Gasteiger partial charge on any atom is 0.319 e. The number of amides is 2. The van der Waals surface area contributed by atoms with Gasteiger partial charge in [-0.3, -0.25) is 4.90 Å². The zero-order valence-corrected chi connectivity index (χ0v) is 16.1. The molecule has 2 saturated heterocycles. The van der Waals surface area contributed by atoms with Gasteiger partial charge < -0.3 is 10.6 Å². The van der Waals surface area contributed by atoms with Crippen LogP contribution in [-0.2, 0) is 0 Å². The second-order valence-corrected chi connectivity index (χ2v) is 8.47. The Kier molecular flexibility index (Phi) is 5.67. The van der Waals surface area contributed by atoms with Gasteiger partial charge in [0.15, 0.2) is 0 Å². The first-order valence-corrected chi connectivity index (χ1v) is 9.82. The summed E-state index contributed by atoms with van der Waals surface area (Å²) in [7, 11) is 0. The van der Waals surface area contributed by atoms with E-state index in [1.807, 2.05) is 12.1 Å². The SMILES string of the molecule is Cc1cc(C)cc(NC(=O)NC2C[C@H]3CCC[C@H](C2)N3CC(C)C)c1. The van der Waals surface area contributed by atoms with Gasteiger partial charge >= 0.3 is 6.03 Å². The lowest BCUT2D eigenvalue weighted by atomic mass is 9.81. The molecule has 1 aromatic rings. The van der Waals surface area contributed by atoms with E-state index in [0.717, 1.165) is 18.5 Å². The van der Waals surface area contributed by atoms with Gasteiger partial charge in [-0.2, -0.15) is 0 Å². The van der Waals surface area contributed by atoms with Crippen LogP contribution in [0.1, 0.15) is 57.1 Å². The number of nitrogens with one attached hydrogen (secondary N) is 2. The highest BCUT2D eigenvalue weighted by Gasteiger charge is 2.38. The van der Waals surface area contributed by atoms with E-state index in [0.29, 0.717) is 24.0 Å². The number of hydrogen-bond donors (Lipinski definition) is 2. The summed E-state index contributed by atoms with van der Waals surface area (Å²) in [6.07, 6.45) is 6.07. The second kappa shape index (κ2) is 7.77. The lowest BCUT2D eigenvalue weighted by Gasteiger charge is -2.49. The summed E-state index contributed by atoms with van der Waals surface area (Å²) in [5.41, 5.74) is 3.23. The molecular weight excluding hydrogens is 310 g/mol. The highest BCUT2D eigenvalue weighted by molar-refractivity contribution is 5.89. The second-order valence-electron chi connectivity index (χ2n) is 8.47. The molecule has 138 valence electrons. The van der Waals surface area contributed by atoms with Crippen LogP contribution in [0.3, 0.4) is 0 Å². The first-order chi connectivity index (χ1) is 11.9. The number of nitrogens with zero attached hydrogens (tertiary/aromatic N) is 1. The van der Waals surface area contributed by atoms with Crippen LogP contribution in [0.25, 0.3) is 0 Å². The highest BCUT2D eigenvalue weighted by atomic mass is 16.2. The third-order valence-corrected chi connectivity index (χ3v) is 5.52. The van der Waals surface area contributed by atoms with E-state index in [-0.39, 0.29) is 6.03 Å². The summed E-state index contributed by atoms with van der Waals surface area (Å²) >= 11 is 0. The molecule has 3 rings (SSSR count). The molecule has 2 heterocycles. The van der Waals surface area contributed by atoms with Gasteiger partial charge in [0.1, 0.15) is 0 Å². The van der Waals surface area contributed by atoms with Gasteiger partial charge in [-0.1, -0.05) is 26.3 Å². The number of rotatable bonds is 4. The molecule has 2 fully saturated rings. The van der Waals surface area contributed by atoms with Crippen LogP contribution in [-0.4, -0.2) is 35.6 Å². The van der Waals surface area contributed by atoms with E-state index in [1.165, 1.54) is 36.9 Å². The first kappa shape index (κ1) is 18.2. The van der Waals surface area contributed by atoms with Crippen LogP contribution in [0, 0.1) is 19.8 Å². The summed E-state index contributed by atoms with van der Waals surface area (Å²) in [4.78, 5) is 15.2. The van der Waals surface area contributed by atoms with E-state index in [9.17, 15) is 4.79 Å². The molecule has 2 N–H and O–H groups in total. The monoisotopic (exact) mass is 343 g/mol. The van der Waals surface area contributed by atoms with Crippen LogP contribution in [0.4, 0.5) is 10.5 Å². The molecule has 0 aromatic heterocycles. The number of aryl methyl sites for hydroxylation is 2. The number of fused-ring (bicyclic) bond motifs is 2. The van der Waals surface area contributed by atoms with Crippen molar-refractivity contribution in [3.05, 3.63) is 29.3 Å². The maximum absolute atomic E-state index is 12.4. The Bertz CT molecular complexity index is 579. The molecule has 0 spiro atoms. The fourth-order valence-electron chi connectivity index (χ4n) is 4.72. The number of carbonyl (C=O) groups is 1. The third kappa shape index (κ3) is 4.75. The zero-order valence-electron chi connectivity index (χ0n) is 16.1. The predicted molar refractivity (Wildman–Crippen MR) is 104 cm³/mol. The minimum absolute atomic E-state index is 0.0645. The van der Waals surface area contributed by atoms with Crippen LogP contribution in [0.15, 0.2) is 18.2 Å². The van der Waals surface area contributed by atoms with Crippen molar-refractivity contribution in [2.75, 3.05) is 11.9 Å². The molecule has 0 radical (unpaired) electrons. The van der Waals surface area contributed by atoms with Crippen molar-refractivity contribution in [1.29, 1.82) is 0 Å². The van der Waals surface area contributed by atoms with Gasteiger partial charge in [-0.15, -0.1) is 0 Å². The molecule has 2 bridgehead atoms. The number of anilines is 1. The molecule has 0 saturated carbocycles. The molecule has 2 atom stereocenters. The Morgan fingerprint density at radius 1 is 1.12 bits per heavy atom. The molecule has 4 nitrogen and oxygen atoms in total. The molecule has 1 aromatic carbocycles. The molecule has 2 aliphatic heterocycles. The minimum atomic E-state index is -0.0645. The van der Waals surface area contributed by atoms with Crippen molar-refractivity contribution in [2.24, 2.45) is 5.92 Å².